The van der Waals surface area contributed by atoms with Crippen molar-refractivity contribution in [2.75, 3.05) is 0 Å². The molecule has 0 N–H and O–H groups in total. The van der Waals surface area contributed by atoms with Gasteiger partial charge < -0.3 is 14.9 Å². The molecule has 1 atom stereocenters. The fraction of sp³-hybridized carbons (Fsp3) is 0.625. The Hall–Kier alpha value is -1.99. The Morgan fingerprint density at radius 2 is 2.06 bits per heavy atom. The molecule has 86 valence electrons. The van der Waals surface area contributed by atoms with Gasteiger partial charge in [-0.15, -0.1) is 0 Å². The maximum Gasteiger partial charge on any atom is 0.392 e. The van der Waals surface area contributed by atoms with Gasteiger partial charge in [0.2, 0.25) is 0 Å². The van der Waals surface area contributed by atoms with E-state index < -0.39 is 21.8 Å². The van der Waals surface area contributed by atoms with Crippen LogP contribution in [0.15, 0.2) is 16.8 Å². The van der Waals surface area contributed by atoms with Gasteiger partial charge in [-0.3, -0.25) is 10.1 Å². The number of ether oxygens (including phenoxy) is 1. The van der Waals surface area contributed by atoms with Crippen molar-refractivity contribution in [2.24, 2.45) is 4.99 Å². The van der Waals surface area contributed by atoms with E-state index in [1.165, 1.54) is 0 Å². The van der Waals surface area contributed by atoms with E-state index in [9.17, 15) is 20.2 Å². The molecule has 0 saturated heterocycles. The van der Waals surface area contributed by atoms with Crippen LogP contribution in [0.3, 0.4) is 0 Å². The molecule has 2 aliphatic rings. The summed E-state index contributed by atoms with van der Waals surface area (Å²) in [5, 5.41) is 21.1. The van der Waals surface area contributed by atoms with Gasteiger partial charge in [-0.2, -0.15) is 0 Å². The molecule has 8 nitrogen and oxygen atoms in total. The molecule has 0 aromatic heterocycles. The van der Waals surface area contributed by atoms with E-state index in [4.69, 9.17) is 4.74 Å². The Labute approximate surface area is 89.9 Å². The first kappa shape index (κ1) is 10.5. The first-order chi connectivity index (χ1) is 7.56. The molecule has 2 rings (SSSR count). The summed E-state index contributed by atoms with van der Waals surface area (Å²) in [6, 6.07) is 0. The van der Waals surface area contributed by atoms with Crippen molar-refractivity contribution in [1.29, 1.82) is 0 Å². The quantitative estimate of drug-likeness (QED) is 0.521. The van der Waals surface area contributed by atoms with Gasteiger partial charge in [-0.05, 0) is 22.8 Å². The van der Waals surface area contributed by atoms with Gasteiger partial charge in [0.25, 0.3) is 0 Å². The lowest BCUT2D eigenvalue weighted by molar-refractivity contribution is -0.522. The van der Waals surface area contributed by atoms with Crippen molar-refractivity contribution in [3.05, 3.63) is 32.1 Å². The highest BCUT2D eigenvalue weighted by molar-refractivity contribution is 5.87. The highest BCUT2D eigenvalue weighted by atomic mass is 16.6. The molecule has 1 unspecified atom stereocenters. The summed E-state index contributed by atoms with van der Waals surface area (Å²) in [7, 11) is 0. The fourth-order valence-corrected chi connectivity index (χ4v) is 1.32. The average Bonchev–Trinajstić information content (AvgIpc) is 3.01. The molecule has 1 aliphatic carbocycles. The van der Waals surface area contributed by atoms with Crippen LogP contribution in [0.5, 0.6) is 0 Å². The summed E-state index contributed by atoms with van der Waals surface area (Å²) in [5.74, 6) is -0.227. The van der Waals surface area contributed by atoms with Crippen LogP contribution in [0.1, 0.15) is 19.3 Å². The Morgan fingerprint density at radius 1 is 1.38 bits per heavy atom. The first-order valence-corrected chi connectivity index (χ1v) is 4.79. The minimum atomic E-state index is -1.31. The zero-order chi connectivity index (χ0) is 11.7. The maximum atomic E-state index is 10.6. The lowest BCUT2D eigenvalue weighted by atomic mass is 10.2. The largest absolute Gasteiger partial charge is 0.494 e. The van der Waals surface area contributed by atoms with Gasteiger partial charge >= 0.3 is 12.0 Å². The summed E-state index contributed by atoms with van der Waals surface area (Å²) in [4.78, 5) is 23.1. The third-order valence-electron chi connectivity index (χ3n) is 2.23. The molecule has 1 heterocycles. The monoisotopic (exact) mass is 227 g/mol. The lowest BCUT2D eigenvalue weighted by Gasteiger charge is -2.11. The second-order valence-corrected chi connectivity index (χ2v) is 3.64. The summed E-state index contributed by atoms with van der Waals surface area (Å²) in [5.41, 5.74) is 0. The third kappa shape index (κ3) is 2.33. The van der Waals surface area contributed by atoms with Crippen molar-refractivity contribution >= 4 is 5.84 Å². The number of hydrogen-bond acceptors (Lipinski definition) is 6. The van der Waals surface area contributed by atoms with Crippen LogP contribution >= 0.6 is 0 Å². The molecule has 0 aromatic carbocycles. The number of aliphatic imine (C=N–C) groups is 1. The number of rotatable bonds is 3. The number of hydrogen-bond donors (Lipinski definition) is 0. The minimum absolute atomic E-state index is 0.0131. The molecule has 0 amide bonds. The van der Waals surface area contributed by atoms with Gasteiger partial charge in [-0.1, -0.05) is 0 Å². The van der Waals surface area contributed by atoms with Crippen LogP contribution in [-0.4, -0.2) is 28.0 Å². The third-order valence-corrected chi connectivity index (χ3v) is 2.23. The van der Waals surface area contributed by atoms with Crippen LogP contribution in [0.4, 0.5) is 0 Å². The Balaban J connectivity index is 2.15. The summed E-state index contributed by atoms with van der Waals surface area (Å²) < 4.78 is 5.33. The maximum absolute atomic E-state index is 10.6. The van der Waals surface area contributed by atoms with Crippen molar-refractivity contribution in [3.8, 4) is 0 Å². The average molecular weight is 227 g/mol. The van der Waals surface area contributed by atoms with Crippen LogP contribution in [0.2, 0.25) is 0 Å². The standard InChI is InChI=1S/C8H9N3O5/c12-10(13)7-3-6(16-5-1-2-5)4-8(9-7)11(14)15/h3,5,8H,1-2,4H2. The van der Waals surface area contributed by atoms with E-state index in [0.717, 1.165) is 18.9 Å². The second-order valence-electron chi connectivity index (χ2n) is 3.64. The molecular weight excluding hydrogens is 218 g/mol. The SMILES string of the molecule is O=[N+]([O-])C1=NC([N+](=O)[O-])CC(OC2CC2)=C1. The lowest BCUT2D eigenvalue weighted by Crippen LogP contribution is -2.27. The number of amidine groups is 1. The van der Waals surface area contributed by atoms with Crippen molar-refractivity contribution in [2.45, 2.75) is 31.5 Å². The first-order valence-electron chi connectivity index (χ1n) is 4.79. The van der Waals surface area contributed by atoms with Gasteiger partial charge in [0.15, 0.2) is 0 Å². The molecule has 16 heavy (non-hydrogen) atoms. The Bertz CT molecular complexity index is 398. The van der Waals surface area contributed by atoms with Crippen molar-refractivity contribution in [1.82, 2.24) is 0 Å². The van der Waals surface area contributed by atoms with Crippen LogP contribution in [-0.2, 0) is 4.74 Å². The van der Waals surface area contributed by atoms with Crippen LogP contribution in [0.25, 0.3) is 0 Å². The molecule has 0 spiro atoms. The molecule has 1 saturated carbocycles. The van der Waals surface area contributed by atoms with Gasteiger partial charge in [0, 0.05) is 0 Å². The molecule has 1 fully saturated rings. The predicted octanol–water partition coefficient (Wildman–Crippen LogP) is 0.731. The highest BCUT2D eigenvalue weighted by Crippen LogP contribution is 2.29. The summed E-state index contributed by atoms with van der Waals surface area (Å²) in [6.45, 7) is 0. The Kier molecular flexibility index (Phi) is 2.55. The Morgan fingerprint density at radius 3 is 2.56 bits per heavy atom. The van der Waals surface area contributed by atoms with E-state index in [0.29, 0.717) is 0 Å². The van der Waals surface area contributed by atoms with E-state index in [2.05, 4.69) is 4.99 Å². The summed E-state index contributed by atoms with van der Waals surface area (Å²) >= 11 is 0. The van der Waals surface area contributed by atoms with Crippen molar-refractivity contribution in [3.63, 3.8) is 0 Å². The van der Waals surface area contributed by atoms with E-state index >= 15 is 0 Å². The van der Waals surface area contributed by atoms with E-state index in [1.807, 2.05) is 0 Å². The molecular formula is C8H9N3O5. The number of nitro groups is 2. The predicted molar refractivity (Wildman–Crippen MR) is 52.0 cm³/mol. The topological polar surface area (TPSA) is 108 Å². The minimum Gasteiger partial charge on any atom is -0.494 e. The molecule has 8 heteroatoms. The van der Waals surface area contributed by atoms with Gasteiger partial charge in [0.1, 0.15) is 12.2 Å². The number of dihydropyridines is 1. The highest BCUT2D eigenvalue weighted by Gasteiger charge is 2.36. The smallest absolute Gasteiger partial charge is 0.392 e. The van der Waals surface area contributed by atoms with Crippen LogP contribution < -0.4 is 0 Å². The fourth-order valence-electron chi connectivity index (χ4n) is 1.32. The molecule has 0 aromatic rings. The molecule has 0 bridgehead atoms. The van der Waals surface area contributed by atoms with E-state index in [1.54, 1.807) is 0 Å². The second kappa shape index (κ2) is 3.87. The summed E-state index contributed by atoms with van der Waals surface area (Å²) in [6.07, 6.45) is 1.69. The normalized spacial score (nSPS) is 24.4. The van der Waals surface area contributed by atoms with Crippen LogP contribution in [0, 0.1) is 20.2 Å². The zero-order valence-electron chi connectivity index (χ0n) is 8.24. The molecule has 0 radical (unpaired) electrons. The van der Waals surface area contributed by atoms with Gasteiger partial charge in [0.05, 0.1) is 17.1 Å². The van der Waals surface area contributed by atoms with E-state index in [-0.39, 0.29) is 18.3 Å². The van der Waals surface area contributed by atoms with Crippen molar-refractivity contribution < 1.29 is 14.6 Å². The van der Waals surface area contributed by atoms with Gasteiger partial charge in [-0.25, -0.2) is 0 Å². The zero-order valence-corrected chi connectivity index (χ0v) is 8.24. The number of nitrogens with zero attached hydrogens (tertiary/aromatic N) is 3. The molecule has 1 aliphatic heterocycles.